The number of ether oxygens (including phenoxy) is 1. The second-order valence-electron chi connectivity index (χ2n) is 4.14. The largest absolute Gasteiger partial charge is 0.462 e. The van der Waals surface area contributed by atoms with Gasteiger partial charge in [-0.1, -0.05) is 0 Å². The van der Waals surface area contributed by atoms with E-state index in [1.165, 1.54) is 0 Å². The van der Waals surface area contributed by atoms with Crippen LogP contribution in [-0.4, -0.2) is 30.6 Å². The summed E-state index contributed by atoms with van der Waals surface area (Å²) in [7, 11) is 0. The Hall–Kier alpha value is -1.15. The highest BCUT2D eigenvalue weighted by Crippen LogP contribution is 2.37. The summed E-state index contributed by atoms with van der Waals surface area (Å²) >= 11 is 0.786. The van der Waals surface area contributed by atoms with Gasteiger partial charge in [0.1, 0.15) is 4.88 Å². The molecule has 0 bridgehead atoms. The second-order valence-corrected chi connectivity index (χ2v) is 5.17. The summed E-state index contributed by atoms with van der Waals surface area (Å²) in [5.74, 6) is -1.01. The Balaban J connectivity index is 2.36. The van der Waals surface area contributed by atoms with Crippen molar-refractivity contribution >= 4 is 17.3 Å². The summed E-state index contributed by atoms with van der Waals surface area (Å²) < 4.78 is 43.3. The third kappa shape index (κ3) is 3.06. The lowest BCUT2D eigenvalue weighted by Crippen LogP contribution is -2.14. The van der Waals surface area contributed by atoms with E-state index in [4.69, 9.17) is 0 Å². The number of nitrogens with zero attached hydrogens (tertiary/aromatic N) is 1. The number of carbonyl (C=O) groups excluding carboxylic acids is 1. The molecule has 106 valence electrons. The van der Waals surface area contributed by atoms with Gasteiger partial charge < -0.3 is 10.1 Å². The highest BCUT2D eigenvalue weighted by molar-refractivity contribution is 7.13. The fourth-order valence-electron chi connectivity index (χ4n) is 1.90. The molecule has 2 rings (SSSR count). The summed E-state index contributed by atoms with van der Waals surface area (Å²) in [5, 5.41) is 3.41. The van der Waals surface area contributed by atoms with Gasteiger partial charge in [0.25, 0.3) is 0 Å². The van der Waals surface area contributed by atoms with Gasteiger partial charge in [-0.25, -0.2) is 9.78 Å². The van der Waals surface area contributed by atoms with Crippen molar-refractivity contribution in [3.05, 3.63) is 15.6 Å². The number of halogens is 3. The molecule has 0 saturated carbocycles. The summed E-state index contributed by atoms with van der Waals surface area (Å²) in [5.41, 5.74) is -1.13. The van der Waals surface area contributed by atoms with Crippen LogP contribution in [0.4, 0.5) is 13.2 Å². The molecule has 0 aromatic carbocycles. The van der Waals surface area contributed by atoms with Gasteiger partial charge in [0.2, 0.25) is 0 Å². The number of hydrogen-bond donors (Lipinski definition) is 1. The maximum atomic E-state index is 12.9. The van der Waals surface area contributed by atoms with E-state index in [0.29, 0.717) is 11.6 Å². The summed E-state index contributed by atoms with van der Waals surface area (Å²) in [6.45, 7) is 2.93. The quantitative estimate of drug-likeness (QED) is 0.870. The lowest BCUT2D eigenvalue weighted by Gasteiger charge is -2.05. The van der Waals surface area contributed by atoms with Crippen LogP contribution in [0, 0.1) is 0 Å². The van der Waals surface area contributed by atoms with Gasteiger partial charge in [-0.3, -0.25) is 0 Å². The van der Waals surface area contributed by atoms with Gasteiger partial charge in [0.15, 0.2) is 5.69 Å². The first kappa shape index (κ1) is 14.3. The molecule has 1 fully saturated rings. The van der Waals surface area contributed by atoms with E-state index in [2.05, 4.69) is 15.0 Å². The first-order chi connectivity index (χ1) is 8.93. The Bertz CT molecular complexity index is 467. The number of hydrogen-bond acceptors (Lipinski definition) is 5. The van der Waals surface area contributed by atoms with Gasteiger partial charge in [-0.15, -0.1) is 11.3 Å². The predicted molar refractivity (Wildman–Crippen MR) is 63.3 cm³/mol. The van der Waals surface area contributed by atoms with Crippen LogP contribution in [0.1, 0.15) is 39.6 Å². The molecule has 1 aliphatic heterocycles. The van der Waals surface area contributed by atoms with Gasteiger partial charge >= 0.3 is 12.1 Å². The molecule has 2 heterocycles. The lowest BCUT2D eigenvalue weighted by atomic mass is 10.1. The molecular formula is C11H13F3N2O2S. The smallest absolute Gasteiger partial charge is 0.435 e. The van der Waals surface area contributed by atoms with Crippen molar-refractivity contribution in [2.75, 3.05) is 19.7 Å². The van der Waals surface area contributed by atoms with Gasteiger partial charge in [-0.2, -0.15) is 13.2 Å². The third-order valence-electron chi connectivity index (χ3n) is 2.78. The van der Waals surface area contributed by atoms with Gasteiger partial charge in [0, 0.05) is 12.5 Å². The Morgan fingerprint density at radius 3 is 2.84 bits per heavy atom. The molecule has 0 aliphatic carbocycles. The average Bonchev–Trinajstić information content (AvgIpc) is 2.97. The number of aromatic nitrogens is 1. The molecule has 1 saturated heterocycles. The van der Waals surface area contributed by atoms with E-state index >= 15 is 0 Å². The standard InChI is InChI=1S/C11H13F3N2O2S/c1-2-18-10(17)7-8(11(12,13)14)16-9(19-7)6-3-4-15-5-6/h6,15H,2-5H2,1H3. The fourth-order valence-corrected chi connectivity index (χ4v) is 3.02. The van der Waals surface area contributed by atoms with E-state index in [1.807, 2.05) is 0 Å². The van der Waals surface area contributed by atoms with Crippen LogP contribution in [-0.2, 0) is 10.9 Å². The van der Waals surface area contributed by atoms with E-state index in [9.17, 15) is 18.0 Å². The van der Waals surface area contributed by atoms with Crippen molar-refractivity contribution < 1.29 is 22.7 Å². The van der Waals surface area contributed by atoms with Crippen molar-refractivity contribution in [3.8, 4) is 0 Å². The highest BCUT2D eigenvalue weighted by Gasteiger charge is 2.41. The van der Waals surface area contributed by atoms with Gasteiger partial charge in [-0.05, 0) is 19.9 Å². The first-order valence-electron chi connectivity index (χ1n) is 5.89. The number of rotatable bonds is 3. The van der Waals surface area contributed by atoms with E-state index in [1.54, 1.807) is 6.92 Å². The lowest BCUT2D eigenvalue weighted by molar-refractivity contribution is -0.141. The normalized spacial score (nSPS) is 19.7. The molecule has 8 heteroatoms. The van der Waals surface area contributed by atoms with Crippen molar-refractivity contribution in [3.63, 3.8) is 0 Å². The third-order valence-corrected chi connectivity index (χ3v) is 3.98. The zero-order valence-corrected chi connectivity index (χ0v) is 11.0. The molecule has 0 radical (unpaired) electrons. The molecule has 1 atom stereocenters. The Morgan fingerprint density at radius 2 is 2.32 bits per heavy atom. The fraction of sp³-hybridized carbons (Fsp3) is 0.636. The van der Waals surface area contributed by atoms with Crippen LogP contribution >= 0.6 is 11.3 Å². The van der Waals surface area contributed by atoms with Crippen LogP contribution in [0.5, 0.6) is 0 Å². The molecule has 1 aromatic rings. The Morgan fingerprint density at radius 1 is 1.58 bits per heavy atom. The first-order valence-corrected chi connectivity index (χ1v) is 6.71. The van der Waals surface area contributed by atoms with Crippen LogP contribution in [0.25, 0.3) is 0 Å². The number of alkyl halides is 3. The number of nitrogens with one attached hydrogen (secondary N) is 1. The minimum atomic E-state index is -4.64. The van der Waals surface area contributed by atoms with E-state index in [0.717, 1.165) is 24.3 Å². The summed E-state index contributed by atoms with van der Waals surface area (Å²) in [6, 6.07) is 0. The molecule has 1 N–H and O–H groups in total. The second kappa shape index (κ2) is 5.46. The maximum absolute atomic E-state index is 12.9. The van der Waals surface area contributed by atoms with Crippen LogP contribution in [0.15, 0.2) is 0 Å². The van der Waals surface area contributed by atoms with Crippen LogP contribution in [0.2, 0.25) is 0 Å². The maximum Gasteiger partial charge on any atom is 0.435 e. The molecule has 1 unspecified atom stereocenters. The zero-order valence-electron chi connectivity index (χ0n) is 10.2. The SMILES string of the molecule is CCOC(=O)c1sc(C2CCNC2)nc1C(F)(F)F. The number of carbonyl (C=O) groups is 1. The molecule has 1 aromatic heterocycles. The molecule has 1 aliphatic rings. The van der Waals surface area contributed by atoms with Crippen LogP contribution < -0.4 is 5.32 Å². The number of thiazole rings is 1. The monoisotopic (exact) mass is 294 g/mol. The topological polar surface area (TPSA) is 51.2 Å². The molecule has 4 nitrogen and oxygen atoms in total. The Labute approximate surface area is 112 Å². The predicted octanol–water partition coefficient (Wildman–Crippen LogP) is 2.42. The summed E-state index contributed by atoms with van der Waals surface area (Å²) in [6.07, 6.45) is -3.91. The number of esters is 1. The average molecular weight is 294 g/mol. The minimum absolute atomic E-state index is 0.0361. The molecule has 0 spiro atoms. The summed E-state index contributed by atoms with van der Waals surface area (Å²) in [4.78, 5) is 14.7. The minimum Gasteiger partial charge on any atom is -0.462 e. The highest BCUT2D eigenvalue weighted by atomic mass is 32.1. The zero-order chi connectivity index (χ0) is 14.0. The molecular weight excluding hydrogens is 281 g/mol. The van der Waals surface area contributed by atoms with Crippen molar-refractivity contribution in [2.45, 2.75) is 25.4 Å². The molecule has 19 heavy (non-hydrogen) atoms. The Kier molecular flexibility index (Phi) is 4.10. The van der Waals surface area contributed by atoms with E-state index in [-0.39, 0.29) is 12.5 Å². The van der Waals surface area contributed by atoms with Gasteiger partial charge in [0.05, 0.1) is 11.6 Å². The van der Waals surface area contributed by atoms with Crippen molar-refractivity contribution in [2.24, 2.45) is 0 Å². The van der Waals surface area contributed by atoms with E-state index < -0.39 is 22.7 Å². The van der Waals surface area contributed by atoms with Crippen molar-refractivity contribution in [1.29, 1.82) is 0 Å². The van der Waals surface area contributed by atoms with Crippen LogP contribution in [0.3, 0.4) is 0 Å². The molecule has 0 amide bonds. The van der Waals surface area contributed by atoms with Crippen molar-refractivity contribution in [1.82, 2.24) is 10.3 Å².